The number of fused-ring (bicyclic) bond motifs is 3. The van der Waals surface area contributed by atoms with Crippen LogP contribution in [0, 0.1) is 29.6 Å². The molecule has 166 valence electrons. The fraction of sp³-hybridized carbons (Fsp3) is 0.625. The second-order valence-electron chi connectivity index (χ2n) is 9.84. The largest absolute Gasteiger partial charge is 0.481 e. The summed E-state index contributed by atoms with van der Waals surface area (Å²) in [4.78, 5) is 39.6. The van der Waals surface area contributed by atoms with Crippen LogP contribution in [0.15, 0.2) is 12.2 Å². The molecule has 5 rings (SSSR count). The van der Waals surface area contributed by atoms with Gasteiger partial charge in [0.25, 0.3) is 5.91 Å². The van der Waals surface area contributed by atoms with Crippen LogP contribution in [0.4, 0.5) is 5.00 Å². The Balaban J connectivity index is 1.43. The summed E-state index contributed by atoms with van der Waals surface area (Å²) >= 11 is 1.51. The van der Waals surface area contributed by atoms with Crippen LogP contribution in [0.3, 0.4) is 0 Å². The van der Waals surface area contributed by atoms with E-state index in [2.05, 4.69) is 17.6 Å². The first-order valence-electron chi connectivity index (χ1n) is 11.6. The molecule has 2 bridgehead atoms. The number of carbonyl (C=O) groups excluding carboxylic acids is 2. The van der Waals surface area contributed by atoms with Crippen LogP contribution in [-0.2, 0) is 22.4 Å². The molecule has 1 heterocycles. The average molecular weight is 443 g/mol. The molecular formula is C24H30N2O4S. The Labute approximate surface area is 186 Å². The molecule has 0 radical (unpaired) electrons. The Morgan fingerprint density at radius 2 is 1.77 bits per heavy atom. The fourth-order valence-electron chi connectivity index (χ4n) is 6.12. The number of carbonyl (C=O) groups is 3. The smallest absolute Gasteiger partial charge is 0.307 e. The van der Waals surface area contributed by atoms with E-state index < -0.39 is 17.8 Å². The lowest BCUT2D eigenvalue weighted by Crippen LogP contribution is -2.37. The highest BCUT2D eigenvalue weighted by atomic mass is 32.1. The lowest BCUT2D eigenvalue weighted by molar-refractivity contribution is -0.146. The van der Waals surface area contributed by atoms with E-state index in [4.69, 9.17) is 0 Å². The lowest BCUT2D eigenvalue weighted by atomic mass is 9.82. The Bertz CT molecular complexity index is 946. The lowest BCUT2D eigenvalue weighted by Gasteiger charge is -2.24. The topological polar surface area (TPSA) is 95.5 Å². The van der Waals surface area contributed by atoms with Crippen molar-refractivity contribution in [1.29, 1.82) is 0 Å². The maximum absolute atomic E-state index is 13.3. The zero-order valence-corrected chi connectivity index (χ0v) is 18.7. The first-order valence-corrected chi connectivity index (χ1v) is 12.4. The predicted molar refractivity (Wildman–Crippen MR) is 119 cm³/mol. The highest BCUT2D eigenvalue weighted by Crippen LogP contribution is 2.49. The van der Waals surface area contributed by atoms with Crippen molar-refractivity contribution >= 4 is 34.1 Å². The molecule has 2 fully saturated rings. The molecule has 3 N–H and O–H groups in total. The molecule has 0 unspecified atom stereocenters. The highest BCUT2D eigenvalue weighted by Gasteiger charge is 2.51. The van der Waals surface area contributed by atoms with Gasteiger partial charge in [-0.25, -0.2) is 0 Å². The standard InChI is InChI=1S/C24H30N2O4S/c1-12-6-9-16-17(10-12)31-23(20(16)22(28)25-15-4-2-3-5-15)26-21(27)18-13-7-8-14(11-13)19(18)24(29)30/h7-8,12-15,18-19H,2-6,9-11H2,1H3,(H,25,28)(H,26,27)(H,29,30)/t12-,13+,14-,18+,19-/m0/s1. The Hall–Kier alpha value is -2.15. The van der Waals surface area contributed by atoms with E-state index in [9.17, 15) is 19.5 Å². The number of allylic oxidation sites excluding steroid dienone is 2. The number of carboxylic acid groups (broad SMARTS) is 1. The number of amides is 2. The quantitative estimate of drug-likeness (QED) is 0.601. The first-order chi connectivity index (χ1) is 14.9. The summed E-state index contributed by atoms with van der Waals surface area (Å²) in [5, 5.41) is 16.5. The molecule has 7 heteroatoms. The van der Waals surface area contributed by atoms with Gasteiger partial charge in [0.1, 0.15) is 5.00 Å². The molecule has 0 spiro atoms. The van der Waals surface area contributed by atoms with Crippen LogP contribution in [0.1, 0.15) is 66.2 Å². The van der Waals surface area contributed by atoms with Gasteiger partial charge >= 0.3 is 5.97 Å². The van der Waals surface area contributed by atoms with Crippen LogP contribution >= 0.6 is 11.3 Å². The van der Waals surface area contributed by atoms with Crippen LogP contribution in [0.25, 0.3) is 0 Å². The van der Waals surface area contributed by atoms with Gasteiger partial charge < -0.3 is 15.7 Å². The van der Waals surface area contributed by atoms with E-state index in [1.165, 1.54) is 16.2 Å². The van der Waals surface area contributed by atoms with Gasteiger partial charge in [0.2, 0.25) is 5.91 Å². The normalized spacial score (nSPS) is 31.6. The van der Waals surface area contributed by atoms with Gasteiger partial charge in [0.15, 0.2) is 0 Å². The van der Waals surface area contributed by atoms with Crippen LogP contribution in [-0.4, -0.2) is 28.9 Å². The van der Waals surface area contributed by atoms with Crippen LogP contribution in [0.5, 0.6) is 0 Å². The number of anilines is 1. The minimum Gasteiger partial charge on any atom is -0.481 e. The fourth-order valence-corrected chi connectivity index (χ4v) is 7.53. The number of nitrogens with one attached hydrogen (secondary N) is 2. The summed E-state index contributed by atoms with van der Waals surface area (Å²) in [5.74, 6) is -2.04. The third kappa shape index (κ3) is 3.71. The van der Waals surface area contributed by atoms with Crippen molar-refractivity contribution in [3.63, 3.8) is 0 Å². The van der Waals surface area contributed by atoms with Gasteiger partial charge in [-0.05, 0) is 61.8 Å². The van der Waals surface area contributed by atoms with E-state index in [1.807, 2.05) is 12.2 Å². The van der Waals surface area contributed by atoms with Crippen molar-refractivity contribution in [2.24, 2.45) is 29.6 Å². The van der Waals surface area contributed by atoms with Crippen molar-refractivity contribution in [2.45, 2.75) is 64.3 Å². The maximum Gasteiger partial charge on any atom is 0.307 e. The van der Waals surface area contributed by atoms with Crippen molar-refractivity contribution in [1.82, 2.24) is 5.32 Å². The molecule has 1 aromatic heterocycles. The van der Waals surface area contributed by atoms with E-state index in [-0.39, 0.29) is 29.7 Å². The van der Waals surface area contributed by atoms with E-state index in [0.717, 1.165) is 56.9 Å². The van der Waals surface area contributed by atoms with Crippen molar-refractivity contribution < 1.29 is 19.5 Å². The minimum absolute atomic E-state index is 0.0310. The van der Waals surface area contributed by atoms with E-state index in [1.54, 1.807) is 0 Å². The molecule has 2 saturated carbocycles. The number of carboxylic acids is 1. The molecule has 31 heavy (non-hydrogen) atoms. The van der Waals surface area contributed by atoms with Gasteiger partial charge in [0.05, 0.1) is 17.4 Å². The number of hydrogen-bond acceptors (Lipinski definition) is 4. The minimum atomic E-state index is -0.907. The summed E-state index contributed by atoms with van der Waals surface area (Å²) in [5.41, 5.74) is 1.70. The number of aliphatic carboxylic acids is 1. The van der Waals surface area contributed by atoms with Gasteiger partial charge in [-0.15, -0.1) is 11.3 Å². The second kappa shape index (κ2) is 8.08. The number of thiophene rings is 1. The molecule has 4 aliphatic rings. The molecule has 6 nitrogen and oxygen atoms in total. The molecule has 5 atom stereocenters. The second-order valence-corrected chi connectivity index (χ2v) is 10.9. The van der Waals surface area contributed by atoms with Crippen LogP contribution < -0.4 is 10.6 Å². The molecular weight excluding hydrogens is 412 g/mol. The summed E-state index contributed by atoms with van der Waals surface area (Å²) in [6, 6.07) is 0.209. The summed E-state index contributed by atoms with van der Waals surface area (Å²) in [7, 11) is 0. The molecule has 0 saturated heterocycles. The SMILES string of the molecule is C[C@H]1CCc2c(sc(NC(=O)[C@H]3[C@@H](C(=O)O)[C@H]4C=C[C@@H]3C4)c2C(=O)NC2CCCC2)C1. The molecule has 4 aliphatic carbocycles. The monoisotopic (exact) mass is 442 g/mol. The third-order valence-corrected chi connectivity index (χ3v) is 8.88. The van der Waals surface area contributed by atoms with Crippen LogP contribution in [0.2, 0.25) is 0 Å². The summed E-state index contributed by atoms with van der Waals surface area (Å²) in [6.45, 7) is 2.22. The van der Waals surface area contributed by atoms with Gasteiger partial charge in [-0.2, -0.15) is 0 Å². The van der Waals surface area contributed by atoms with Crippen molar-refractivity contribution in [2.75, 3.05) is 5.32 Å². The zero-order valence-electron chi connectivity index (χ0n) is 17.9. The zero-order chi connectivity index (χ0) is 21.7. The summed E-state index contributed by atoms with van der Waals surface area (Å²) < 4.78 is 0. The van der Waals surface area contributed by atoms with E-state index >= 15 is 0 Å². The third-order valence-electron chi connectivity index (χ3n) is 7.71. The highest BCUT2D eigenvalue weighted by molar-refractivity contribution is 7.17. The van der Waals surface area contributed by atoms with Crippen molar-refractivity contribution in [3.05, 3.63) is 28.2 Å². The maximum atomic E-state index is 13.3. The number of hydrogen-bond donors (Lipinski definition) is 3. The molecule has 2 amide bonds. The molecule has 0 aliphatic heterocycles. The Kier molecular flexibility index (Phi) is 5.40. The first kappa shape index (κ1) is 20.7. The molecule has 0 aromatic carbocycles. The Morgan fingerprint density at radius 1 is 1.06 bits per heavy atom. The Morgan fingerprint density at radius 3 is 2.48 bits per heavy atom. The van der Waals surface area contributed by atoms with E-state index in [0.29, 0.717) is 16.5 Å². The summed E-state index contributed by atoms with van der Waals surface area (Å²) in [6.07, 6.45) is 11.8. The van der Waals surface area contributed by atoms with Crippen molar-refractivity contribution in [3.8, 4) is 0 Å². The average Bonchev–Trinajstić information content (AvgIpc) is 3.50. The van der Waals surface area contributed by atoms with Gasteiger partial charge in [0, 0.05) is 10.9 Å². The van der Waals surface area contributed by atoms with Gasteiger partial charge in [-0.3, -0.25) is 14.4 Å². The van der Waals surface area contributed by atoms with Gasteiger partial charge in [-0.1, -0.05) is 31.9 Å². The number of rotatable bonds is 5. The predicted octanol–water partition coefficient (Wildman–Crippen LogP) is 4.01. The molecule has 1 aromatic rings.